The van der Waals surface area contributed by atoms with E-state index in [1.54, 1.807) is 11.7 Å². The van der Waals surface area contributed by atoms with Crippen LogP contribution in [0.3, 0.4) is 0 Å². The molecule has 1 aliphatic carbocycles. The van der Waals surface area contributed by atoms with Crippen molar-refractivity contribution in [3.05, 3.63) is 11.4 Å². The summed E-state index contributed by atoms with van der Waals surface area (Å²) >= 11 is 0. The Morgan fingerprint density at radius 3 is 2.71 bits per heavy atom. The van der Waals surface area contributed by atoms with Gasteiger partial charge in [-0.1, -0.05) is 13.8 Å². The van der Waals surface area contributed by atoms with Gasteiger partial charge >= 0.3 is 0 Å². The second-order valence-electron chi connectivity index (χ2n) is 5.18. The average Bonchev–Trinajstić information content (AvgIpc) is 2.94. The fourth-order valence-corrected chi connectivity index (χ4v) is 1.89. The van der Waals surface area contributed by atoms with Crippen LogP contribution in [0.1, 0.15) is 42.9 Å². The first-order valence-electron chi connectivity index (χ1n) is 6.06. The summed E-state index contributed by atoms with van der Waals surface area (Å²) in [6.07, 6.45) is 3.12. The molecular formula is C12H20N4O. The van der Waals surface area contributed by atoms with Crippen molar-refractivity contribution in [1.82, 2.24) is 15.1 Å². The Kier molecular flexibility index (Phi) is 2.85. The van der Waals surface area contributed by atoms with Crippen molar-refractivity contribution < 1.29 is 4.79 Å². The topological polar surface area (TPSA) is 72.9 Å². The molecule has 3 N–H and O–H groups in total. The lowest BCUT2D eigenvalue weighted by molar-refractivity contribution is 0.0937. The van der Waals surface area contributed by atoms with Gasteiger partial charge < -0.3 is 11.1 Å². The average molecular weight is 236 g/mol. The molecule has 1 aromatic heterocycles. The smallest absolute Gasteiger partial charge is 0.271 e. The lowest BCUT2D eigenvalue weighted by Gasteiger charge is -2.10. The minimum absolute atomic E-state index is 0.120. The monoisotopic (exact) mass is 236 g/mol. The Morgan fingerprint density at radius 1 is 1.59 bits per heavy atom. The van der Waals surface area contributed by atoms with E-state index in [1.165, 1.54) is 12.8 Å². The number of hydrogen-bond acceptors (Lipinski definition) is 3. The molecule has 1 aromatic rings. The zero-order valence-corrected chi connectivity index (χ0v) is 10.7. The van der Waals surface area contributed by atoms with Gasteiger partial charge in [-0.05, 0) is 24.7 Å². The van der Waals surface area contributed by atoms with Gasteiger partial charge in [0.25, 0.3) is 5.91 Å². The minimum atomic E-state index is -0.120. The zero-order valence-electron chi connectivity index (χ0n) is 10.7. The van der Waals surface area contributed by atoms with E-state index in [0.29, 0.717) is 16.8 Å². The Bertz CT molecular complexity index is 446. The van der Waals surface area contributed by atoms with Crippen LogP contribution >= 0.6 is 0 Å². The molecule has 0 aliphatic heterocycles. The molecule has 0 bridgehead atoms. The highest BCUT2D eigenvalue weighted by Crippen LogP contribution is 2.44. The summed E-state index contributed by atoms with van der Waals surface area (Å²) in [6, 6.07) is 0. The van der Waals surface area contributed by atoms with Crippen molar-refractivity contribution in [3.8, 4) is 0 Å². The van der Waals surface area contributed by atoms with E-state index < -0.39 is 0 Å². The first-order chi connectivity index (χ1) is 7.97. The summed E-state index contributed by atoms with van der Waals surface area (Å²) in [5.74, 6) is -0.120. The fraction of sp³-hybridized carbons (Fsp3) is 0.667. The third kappa shape index (κ3) is 2.28. The number of hydrogen-bond donors (Lipinski definition) is 2. The normalized spacial score (nSPS) is 16.9. The molecule has 5 heteroatoms. The molecule has 1 saturated carbocycles. The number of nitrogens with two attached hydrogens (primary N) is 1. The maximum absolute atomic E-state index is 12.0. The SMILES string of the molecule is CCc1nn(C)c(C(=O)NCC2(C)CC2)c1N. The van der Waals surface area contributed by atoms with Gasteiger partial charge in [-0.2, -0.15) is 5.10 Å². The number of nitrogens with one attached hydrogen (secondary N) is 1. The van der Waals surface area contributed by atoms with Gasteiger partial charge in [-0.15, -0.1) is 0 Å². The van der Waals surface area contributed by atoms with Crippen LogP contribution in [0.25, 0.3) is 0 Å². The molecule has 0 atom stereocenters. The summed E-state index contributed by atoms with van der Waals surface area (Å²) in [6.45, 7) is 4.88. The highest BCUT2D eigenvalue weighted by atomic mass is 16.2. The van der Waals surface area contributed by atoms with Crippen molar-refractivity contribution in [2.45, 2.75) is 33.1 Å². The quantitative estimate of drug-likeness (QED) is 0.822. The summed E-state index contributed by atoms with van der Waals surface area (Å²) in [4.78, 5) is 12.0. The van der Waals surface area contributed by atoms with Crippen molar-refractivity contribution in [3.63, 3.8) is 0 Å². The number of anilines is 1. The van der Waals surface area contributed by atoms with Gasteiger partial charge in [0.1, 0.15) is 5.69 Å². The molecule has 1 heterocycles. The fourth-order valence-electron chi connectivity index (χ4n) is 1.89. The van der Waals surface area contributed by atoms with Crippen LogP contribution in [0.4, 0.5) is 5.69 Å². The number of carbonyl (C=O) groups is 1. The number of aromatic nitrogens is 2. The minimum Gasteiger partial charge on any atom is -0.395 e. The van der Waals surface area contributed by atoms with Crippen LogP contribution in [0, 0.1) is 5.41 Å². The van der Waals surface area contributed by atoms with E-state index in [-0.39, 0.29) is 5.91 Å². The molecule has 5 nitrogen and oxygen atoms in total. The first-order valence-corrected chi connectivity index (χ1v) is 6.06. The molecule has 1 amide bonds. The standard InChI is InChI=1S/C12H20N4O/c1-4-8-9(13)10(16(3)15-8)11(17)14-7-12(2)5-6-12/h4-7,13H2,1-3H3,(H,14,17). The lowest BCUT2D eigenvalue weighted by atomic mass is 10.1. The van der Waals surface area contributed by atoms with Gasteiger partial charge in [0.05, 0.1) is 11.4 Å². The van der Waals surface area contributed by atoms with Crippen LogP contribution < -0.4 is 11.1 Å². The number of carbonyl (C=O) groups excluding carboxylic acids is 1. The molecule has 1 fully saturated rings. The van der Waals surface area contributed by atoms with Gasteiger partial charge in [0.2, 0.25) is 0 Å². The molecule has 0 saturated heterocycles. The van der Waals surface area contributed by atoms with Crippen LogP contribution in [-0.2, 0) is 13.5 Å². The number of nitrogen functional groups attached to an aromatic ring is 1. The van der Waals surface area contributed by atoms with Crippen LogP contribution in [-0.4, -0.2) is 22.2 Å². The number of amides is 1. The van der Waals surface area contributed by atoms with E-state index in [1.807, 2.05) is 6.92 Å². The maximum atomic E-state index is 12.0. The van der Waals surface area contributed by atoms with E-state index in [4.69, 9.17) is 5.73 Å². The van der Waals surface area contributed by atoms with Gasteiger partial charge in [0.15, 0.2) is 0 Å². The van der Waals surface area contributed by atoms with Gasteiger partial charge in [-0.3, -0.25) is 9.48 Å². The molecule has 94 valence electrons. The van der Waals surface area contributed by atoms with Crippen molar-refractivity contribution >= 4 is 11.6 Å². The van der Waals surface area contributed by atoms with Crippen molar-refractivity contribution in [2.24, 2.45) is 12.5 Å². The predicted molar refractivity (Wildman–Crippen MR) is 66.7 cm³/mol. The van der Waals surface area contributed by atoms with Crippen LogP contribution in [0.2, 0.25) is 0 Å². The van der Waals surface area contributed by atoms with Crippen molar-refractivity contribution in [1.29, 1.82) is 0 Å². The Labute approximate surface area is 101 Å². The van der Waals surface area contributed by atoms with Gasteiger partial charge in [0, 0.05) is 13.6 Å². The molecule has 2 rings (SSSR count). The lowest BCUT2D eigenvalue weighted by Crippen LogP contribution is -2.31. The van der Waals surface area contributed by atoms with Gasteiger partial charge in [-0.25, -0.2) is 0 Å². The molecule has 0 aromatic carbocycles. The largest absolute Gasteiger partial charge is 0.395 e. The van der Waals surface area contributed by atoms with E-state index >= 15 is 0 Å². The molecular weight excluding hydrogens is 216 g/mol. The van der Waals surface area contributed by atoms with E-state index in [0.717, 1.165) is 18.7 Å². The highest BCUT2D eigenvalue weighted by Gasteiger charge is 2.37. The van der Waals surface area contributed by atoms with Crippen molar-refractivity contribution in [2.75, 3.05) is 12.3 Å². The highest BCUT2D eigenvalue weighted by molar-refractivity contribution is 5.98. The molecule has 0 unspecified atom stereocenters. The summed E-state index contributed by atoms with van der Waals surface area (Å²) < 4.78 is 1.57. The maximum Gasteiger partial charge on any atom is 0.271 e. The molecule has 0 radical (unpaired) electrons. The zero-order chi connectivity index (χ0) is 12.6. The number of nitrogens with zero attached hydrogens (tertiary/aromatic N) is 2. The van der Waals surface area contributed by atoms with Crippen LogP contribution in [0.15, 0.2) is 0 Å². The summed E-state index contributed by atoms with van der Waals surface area (Å²) in [7, 11) is 1.75. The summed E-state index contributed by atoms with van der Waals surface area (Å²) in [5.41, 5.74) is 8.00. The molecule has 1 aliphatic rings. The summed E-state index contributed by atoms with van der Waals surface area (Å²) in [5, 5.41) is 7.18. The second kappa shape index (κ2) is 4.05. The molecule has 17 heavy (non-hydrogen) atoms. The van der Waals surface area contributed by atoms with E-state index in [9.17, 15) is 4.79 Å². The molecule has 0 spiro atoms. The Balaban J connectivity index is 2.10. The number of aryl methyl sites for hydroxylation is 2. The second-order valence-corrected chi connectivity index (χ2v) is 5.18. The third-order valence-electron chi connectivity index (χ3n) is 3.49. The first kappa shape index (κ1) is 12.0. The van der Waals surface area contributed by atoms with Crippen LogP contribution in [0.5, 0.6) is 0 Å². The Morgan fingerprint density at radius 2 is 2.24 bits per heavy atom. The third-order valence-corrected chi connectivity index (χ3v) is 3.49. The predicted octanol–water partition coefficient (Wildman–Crippen LogP) is 1.09. The van der Waals surface area contributed by atoms with E-state index in [2.05, 4.69) is 17.3 Å². The number of rotatable bonds is 4. The Hall–Kier alpha value is -1.52.